The van der Waals surface area contributed by atoms with E-state index in [-0.39, 0.29) is 79.3 Å². The van der Waals surface area contributed by atoms with Gasteiger partial charge in [0.25, 0.3) is 0 Å². The molecule has 25 N–H and O–H groups in total. The molecule has 0 aromatic rings. The van der Waals surface area contributed by atoms with Crippen LogP contribution in [0.1, 0.15) is 318 Å². The van der Waals surface area contributed by atoms with E-state index in [0.29, 0.717) is 44.9 Å². The summed E-state index contributed by atoms with van der Waals surface area (Å²) in [4.78, 5) is 70.2. The SMILES string of the molecule is CCCCCCCC(=O)O.CCCCCCCC(=O)O.CCCCCCCC(=O)O.CCCCCCCC(=O)O.CCCCCCCC(=O)O.CCCCCCCC(=O)O.CCCCCCCC(=O)O.OCC(O)CO.OCC(O)CO.OCC(O)CO.OCC(O)CO.OCC(O)CO.OCC(O)CO. The smallest absolute Gasteiger partial charge is 0.303 e. The summed E-state index contributed by atoms with van der Waals surface area (Å²) >= 11 is 0. The lowest BCUT2D eigenvalue weighted by Gasteiger charge is -1.96. The largest absolute Gasteiger partial charge is 0.481 e. The van der Waals surface area contributed by atoms with Crippen LogP contribution in [0.25, 0.3) is 0 Å². The number of hydrogen-bond donors (Lipinski definition) is 25. The van der Waals surface area contributed by atoms with Crippen molar-refractivity contribution in [2.75, 3.05) is 79.3 Å². The third-order valence-corrected chi connectivity index (χ3v) is 13.0. The predicted molar refractivity (Wildman–Crippen MR) is 408 cm³/mol. The molecule has 0 saturated heterocycles. The standard InChI is InChI=1S/7C8H16O2.6C3H8O3/c7*1-2-3-4-5-6-7-8(9)10;6*4-1-3(6)2-5/h7*2-7H2,1H3,(H,9,10);6*3-6H,1-2H2. The molecule has 0 spiro atoms. The summed E-state index contributed by atoms with van der Waals surface area (Å²) in [6.45, 7) is 10.7. The zero-order valence-corrected chi connectivity index (χ0v) is 66.2. The molecule has 0 aliphatic heterocycles. The maximum absolute atomic E-state index is 10.0. The average molecular weight is 1560 g/mol. The van der Waals surface area contributed by atoms with Crippen LogP contribution >= 0.6 is 0 Å². The van der Waals surface area contributed by atoms with Crippen molar-refractivity contribution in [3.8, 4) is 0 Å². The highest BCUT2D eigenvalue weighted by atomic mass is 16.4. The number of carbonyl (C=O) groups is 7. The molecule has 0 bridgehead atoms. The van der Waals surface area contributed by atoms with Gasteiger partial charge in [0.2, 0.25) is 0 Å². The monoisotopic (exact) mass is 1560 g/mol. The van der Waals surface area contributed by atoms with E-state index in [9.17, 15) is 33.6 Å². The Bertz CT molecular complexity index is 1290. The van der Waals surface area contributed by atoms with E-state index in [1.165, 1.54) is 135 Å². The van der Waals surface area contributed by atoms with Gasteiger partial charge in [0.05, 0.1) is 79.3 Å². The minimum atomic E-state index is -0.954. The van der Waals surface area contributed by atoms with Crippen LogP contribution in [-0.2, 0) is 33.6 Å². The summed E-state index contributed by atoms with van der Waals surface area (Å²) in [6.07, 6.45) is 35.5. The Morgan fingerprint density at radius 1 is 0.160 bits per heavy atom. The Morgan fingerprint density at radius 2 is 0.236 bits per heavy atom. The lowest BCUT2D eigenvalue weighted by atomic mass is 10.1. The number of unbranched alkanes of at least 4 members (excludes halogenated alkanes) is 28. The molecule has 0 heterocycles. The Balaban J connectivity index is -0.0000000808. The van der Waals surface area contributed by atoms with Crippen molar-refractivity contribution < 1.29 is 161 Å². The van der Waals surface area contributed by atoms with Crippen LogP contribution < -0.4 is 0 Å². The third kappa shape index (κ3) is 206. The van der Waals surface area contributed by atoms with Crippen LogP contribution in [0.2, 0.25) is 0 Å². The second-order valence-electron chi connectivity index (χ2n) is 24.0. The number of aliphatic hydroxyl groups excluding tert-OH is 18. The average Bonchev–Trinajstić information content (AvgIpc) is 3.43. The van der Waals surface area contributed by atoms with Crippen molar-refractivity contribution in [1.29, 1.82) is 0 Å². The molecule has 32 heteroatoms. The lowest BCUT2D eigenvalue weighted by molar-refractivity contribution is -0.138. The first kappa shape index (κ1) is 131. The summed E-state index contributed by atoms with van der Waals surface area (Å²) in [5.74, 6) is -4.69. The molecule has 0 aliphatic rings. The predicted octanol–water partition coefficient (Wildman–Crippen LogP) is 7.01. The van der Waals surface area contributed by atoms with E-state index in [2.05, 4.69) is 48.5 Å². The van der Waals surface area contributed by atoms with Gasteiger partial charge in [0.15, 0.2) is 0 Å². The fourth-order valence-electron chi connectivity index (χ4n) is 6.50. The van der Waals surface area contributed by atoms with Gasteiger partial charge in [-0.2, -0.15) is 0 Å². The Labute approximate surface area is 634 Å². The molecule has 106 heavy (non-hydrogen) atoms. The summed E-state index contributed by atoms with van der Waals surface area (Å²) in [5, 5.41) is 202. The lowest BCUT2D eigenvalue weighted by Crippen LogP contribution is -2.15. The zero-order valence-electron chi connectivity index (χ0n) is 66.2. The first-order valence-electron chi connectivity index (χ1n) is 38.2. The van der Waals surface area contributed by atoms with Gasteiger partial charge in [0.1, 0.15) is 36.6 Å². The van der Waals surface area contributed by atoms with Gasteiger partial charge < -0.3 is 128 Å². The molecule has 0 atom stereocenters. The van der Waals surface area contributed by atoms with Crippen molar-refractivity contribution in [2.24, 2.45) is 0 Å². The van der Waals surface area contributed by atoms with Gasteiger partial charge in [-0.15, -0.1) is 0 Å². The summed E-state index contributed by atoms with van der Waals surface area (Å²) in [7, 11) is 0. The van der Waals surface area contributed by atoms with Gasteiger partial charge in [-0.3, -0.25) is 33.6 Å². The van der Waals surface area contributed by atoms with E-state index in [1.807, 2.05) is 0 Å². The number of aliphatic hydroxyl groups is 18. The Morgan fingerprint density at radius 3 is 0.283 bits per heavy atom. The van der Waals surface area contributed by atoms with E-state index in [0.717, 1.165) is 89.9 Å². The van der Waals surface area contributed by atoms with Crippen LogP contribution in [0.5, 0.6) is 0 Å². The van der Waals surface area contributed by atoms with Crippen molar-refractivity contribution in [2.45, 2.75) is 355 Å². The summed E-state index contributed by atoms with van der Waals surface area (Å²) < 4.78 is 0. The first-order chi connectivity index (χ1) is 50.2. The molecular formula is C74H160O32. The van der Waals surface area contributed by atoms with Gasteiger partial charge in [-0.25, -0.2) is 0 Å². The first-order valence-corrected chi connectivity index (χ1v) is 38.2. The van der Waals surface area contributed by atoms with Crippen LogP contribution in [0, 0.1) is 0 Å². The molecule has 0 aromatic carbocycles. The molecule has 0 fully saturated rings. The van der Waals surface area contributed by atoms with Gasteiger partial charge in [-0.05, 0) is 44.9 Å². The molecule has 648 valence electrons. The number of hydrogen-bond acceptors (Lipinski definition) is 25. The second-order valence-corrected chi connectivity index (χ2v) is 24.0. The highest BCUT2D eigenvalue weighted by Crippen LogP contribution is 2.09. The van der Waals surface area contributed by atoms with Crippen molar-refractivity contribution in [1.82, 2.24) is 0 Å². The molecule has 0 aromatic heterocycles. The van der Waals surface area contributed by atoms with E-state index < -0.39 is 78.4 Å². The number of carboxylic acid groups (broad SMARTS) is 7. The molecular weight excluding hydrogens is 1400 g/mol. The van der Waals surface area contributed by atoms with E-state index >= 15 is 0 Å². The Kier molecular flexibility index (Phi) is 157. The molecule has 32 nitrogen and oxygen atoms in total. The van der Waals surface area contributed by atoms with E-state index in [4.69, 9.17) is 128 Å². The Hall–Kier alpha value is -4.43. The minimum absolute atomic E-state index is 0.337. The second kappa shape index (κ2) is 127. The normalized spacial score (nSPS) is 9.80. The van der Waals surface area contributed by atoms with Crippen molar-refractivity contribution in [3.05, 3.63) is 0 Å². The molecule has 0 unspecified atom stereocenters. The molecule has 0 radical (unpaired) electrons. The molecule has 0 saturated carbocycles. The fraction of sp³-hybridized carbons (Fsp3) is 0.905. The summed E-state index contributed by atoms with van der Waals surface area (Å²) in [5.41, 5.74) is 0. The van der Waals surface area contributed by atoms with Crippen LogP contribution in [-0.4, -0.2) is 285 Å². The molecule has 0 amide bonds. The van der Waals surface area contributed by atoms with Crippen LogP contribution in [0.4, 0.5) is 0 Å². The molecule has 0 aliphatic carbocycles. The van der Waals surface area contributed by atoms with Gasteiger partial charge in [-0.1, -0.05) is 228 Å². The third-order valence-electron chi connectivity index (χ3n) is 13.0. The summed E-state index contributed by atoms with van der Waals surface area (Å²) in [6, 6.07) is 0. The maximum atomic E-state index is 10.0. The van der Waals surface area contributed by atoms with E-state index in [1.54, 1.807) is 0 Å². The fourth-order valence-corrected chi connectivity index (χ4v) is 6.50. The number of aliphatic carboxylic acids is 7. The van der Waals surface area contributed by atoms with Crippen molar-refractivity contribution >= 4 is 41.8 Å². The maximum Gasteiger partial charge on any atom is 0.303 e. The zero-order chi connectivity index (χ0) is 84.7. The molecule has 0 rings (SSSR count). The van der Waals surface area contributed by atoms with Gasteiger partial charge in [0, 0.05) is 44.9 Å². The quantitative estimate of drug-likeness (QED) is 0.0272. The van der Waals surface area contributed by atoms with Crippen LogP contribution in [0.3, 0.4) is 0 Å². The highest BCUT2D eigenvalue weighted by molar-refractivity contribution is 5.68. The highest BCUT2D eigenvalue weighted by Gasteiger charge is 2.02. The van der Waals surface area contributed by atoms with Gasteiger partial charge >= 0.3 is 41.8 Å². The topological polar surface area (TPSA) is 625 Å². The van der Waals surface area contributed by atoms with Crippen molar-refractivity contribution in [3.63, 3.8) is 0 Å². The number of rotatable bonds is 54. The minimum Gasteiger partial charge on any atom is -0.481 e. The number of carboxylic acids is 7. The van der Waals surface area contributed by atoms with Crippen LogP contribution in [0.15, 0.2) is 0 Å².